The number of hydrogen-bond acceptors (Lipinski definition) is 4. The quantitative estimate of drug-likeness (QED) is 0.191. The van der Waals surface area contributed by atoms with Gasteiger partial charge in [0.25, 0.3) is 0 Å². The molecule has 0 atom stereocenters. The zero-order valence-corrected chi connectivity index (χ0v) is 24.8. The maximum atomic E-state index is 5.73. The van der Waals surface area contributed by atoms with Gasteiger partial charge in [0, 0.05) is 38.4 Å². The van der Waals surface area contributed by atoms with Crippen molar-refractivity contribution in [3.8, 4) is 33.5 Å². The van der Waals surface area contributed by atoms with Gasteiger partial charge in [-0.2, -0.15) is 0 Å². The molecule has 0 radical (unpaired) electrons. The predicted octanol–water partition coefficient (Wildman–Crippen LogP) is 9.15. The van der Waals surface area contributed by atoms with E-state index in [1.807, 2.05) is 0 Å². The van der Waals surface area contributed by atoms with Crippen LogP contribution in [-0.4, -0.2) is 36.3 Å². The Morgan fingerprint density at radius 3 is 1.88 bits per heavy atom. The molecule has 0 saturated carbocycles. The third-order valence-electron chi connectivity index (χ3n) is 7.41. The van der Waals surface area contributed by atoms with Gasteiger partial charge >= 0.3 is 0 Å². The Labute approximate surface area is 249 Å². The van der Waals surface area contributed by atoms with E-state index < -0.39 is 0 Å². The predicted molar refractivity (Wildman–Crippen MR) is 172 cm³/mol. The van der Waals surface area contributed by atoms with E-state index in [2.05, 4.69) is 140 Å². The van der Waals surface area contributed by atoms with E-state index in [4.69, 9.17) is 14.7 Å². The second kappa shape index (κ2) is 10.8. The molecule has 6 aromatic rings. The summed E-state index contributed by atoms with van der Waals surface area (Å²) >= 11 is 7.40. The van der Waals surface area contributed by atoms with Gasteiger partial charge in [0.1, 0.15) is 5.82 Å². The van der Waals surface area contributed by atoms with Gasteiger partial charge in [-0.3, -0.25) is 0 Å². The number of rotatable bonds is 4. The normalized spacial score (nSPS) is 13.7. The van der Waals surface area contributed by atoms with Crippen LogP contribution < -0.4 is 4.90 Å². The molecular formula is C34H25Br2N3O. The first-order chi connectivity index (χ1) is 19.7. The zero-order chi connectivity index (χ0) is 27.1. The van der Waals surface area contributed by atoms with Gasteiger partial charge in [0.15, 0.2) is 0 Å². The summed E-state index contributed by atoms with van der Waals surface area (Å²) in [7, 11) is 0. The second-order valence-electron chi connectivity index (χ2n) is 9.89. The molecule has 1 fully saturated rings. The molecule has 0 N–H and O–H groups in total. The molecule has 0 spiro atoms. The number of hydrogen-bond donors (Lipinski definition) is 0. The molecule has 6 heteroatoms. The van der Waals surface area contributed by atoms with Crippen molar-refractivity contribution in [2.24, 2.45) is 0 Å². The highest BCUT2D eigenvalue weighted by atomic mass is 79.9. The molecule has 7 rings (SSSR count). The summed E-state index contributed by atoms with van der Waals surface area (Å²) in [5.74, 6) is 0.944. The number of benzene rings is 4. The lowest BCUT2D eigenvalue weighted by Gasteiger charge is -2.31. The number of fused-ring (bicyclic) bond motifs is 2. The van der Waals surface area contributed by atoms with Crippen molar-refractivity contribution in [3.63, 3.8) is 0 Å². The highest BCUT2D eigenvalue weighted by Crippen LogP contribution is 2.45. The van der Waals surface area contributed by atoms with E-state index in [1.54, 1.807) is 0 Å². The fourth-order valence-electron chi connectivity index (χ4n) is 5.56. The molecule has 0 amide bonds. The number of aromatic nitrogens is 2. The third-order valence-corrected chi connectivity index (χ3v) is 8.40. The number of ether oxygens (including phenoxy) is 1. The largest absolute Gasteiger partial charge is 0.378 e. The molecule has 4 nitrogen and oxygen atoms in total. The van der Waals surface area contributed by atoms with Crippen molar-refractivity contribution < 1.29 is 4.74 Å². The van der Waals surface area contributed by atoms with Gasteiger partial charge in [0.05, 0.1) is 35.5 Å². The smallest absolute Gasteiger partial charge is 0.139 e. The van der Waals surface area contributed by atoms with Gasteiger partial charge < -0.3 is 9.64 Å². The second-order valence-corrected chi connectivity index (χ2v) is 11.7. The first-order valence-corrected chi connectivity index (χ1v) is 14.9. The monoisotopic (exact) mass is 649 g/mol. The number of halogens is 2. The zero-order valence-electron chi connectivity index (χ0n) is 21.6. The number of morpholine rings is 1. The molecule has 0 unspecified atom stereocenters. The first kappa shape index (κ1) is 25.4. The minimum absolute atomic E-state index is 0.675. The third kappa shape index (κ3) is 4.70. The van der Waals surface area contributed by atoms with Gasteiger partial charge in [-0.05, 0) is 59.2 Å². The van der Waals surface area contributed by atoms with E-state index >= 15 is 0 Å². The minimum atomic E-state index is 0.675. The summed E-state index contributed by atoms with van der Waals surface area (Å²) in [4.78, 5) is 13.0. The maximum absolute atomic E-state index is 5.73. The molecular weight excluding hydrogens is 626 g/mol. The van der Waals surface area contributed by atoms with Crippen LogP contribution in [0.25, 0.3) is 55.3 Å². The molecule has 1 aliphatic heterocycles. The minimum Gasteiger partial charge on any atom is -0.378 e. The van der Waals surface area contributed by atoms with Crippen molar-refractivity contribution in [2.45, 2.75) is 0 Å². The summed E-state index contributed by atoms with van der Waals surface area (Å²) < 4.78 is 7.78. The Bertz CT molecular complexity index is 1850. The van der Waals surface area contributed by atoms with Crippen molar-refractivity contribution in [2.75, 3.05) is 31.2 Å². The molecule has 0 bridgehead atoms. The van der Waals surface area contributed by atoms with Crippen LogP contribution >= 0.6 is 31.9 Å². The van der Waals surface area contributed by atoms with E-state index in [9.17, 15) is 0 Å². The van der Waals surface area contributed by atoms with Crippen LogP contribution in [0.2, 0.25) is 0 Å². The number of pyridine rings is 2. The summed E-state index contributed by atoms with van der Waals surface area (Å²) in [6.07, 6.45) is 0. The Balaban J connectivity index is 1.62. The molecule has 1 aliphatic rings. The van der Waals surface area contributed by atoms with Gasteiger partial charge in [-0.15, -0.1) is 0 Å². The summed E-state index contributed by atoms with van der Waals surface area (Å²) in [5, 5.41) is 2.20. The number of anilines is 1. The van der Waals surface area contributed by atoms with Gasteiger partial charge in [-0.25, -0.2) is 9.97 Å². The molecule has 196 valence electrons. The van der Waals surface area contributed by atoms with Crippen LogP contribution in [0, 0.1) is 0 Å². The van der Waals surface area contributed by atoms with E-state index in [1.165, 1.54) is 0 Å². The fourth-order valence-corrected chi connectivity index (χ4v) is 6.28. The molecule has 4 aromatic carbocycles. The molecule has 3 heterocycles. The Hall–Kier alpha value is -3.58. The molecule has 40 heavy (non-hydrogen) atoms. The van der Waals surface area contributed by atoms with Crippen molar-refractivity contribution >= 4 is 59.5 Å². The Morgan fingerprint density at radius 1 is 0.600 bits per heavy atom. The van der Waals surface area contributed by atoms with Gasteiger partial charge in [0.2, 0.25) is 0 Å². The van der Waals surface area contributed by atoms with Crippen LogP contribution in [0.15, 0.2) is 112 Å². The van der Waals surface area contributed by atoms with Crippen molar-refractivity contribution in [1.82, 2.24) is 9.97 Å². The molecule has 2 aromatic heterocycles. The summed E-state index contributed by atoms with van der Waals surface area (Å²) in [6.45, 7) is 2.91. The van der Waals surface area contributed by atoms with E-state index in [-0.39, 0.29) is 0 Å². The Morgan fingerprint density at radius 2 is 1.20 bits per heavy atom. The first-order valence-electron chi connectivity index (χ1n) is 13.3. The maximum Gasteiger partial charge on any atom is 0.139 e. The standard InChI is InChI=1S/C34H25Br2N3O/c35-24-11-13-29-27(19-24)26(22-7-3-1-4-8-22)21-31(37-29)33-32(23-9-5-2-6-10-23)28-20-25(36)12-14-30(28)38-34(33)39-15-17-40-18-16-39/h1-14,19-21H,15-18H2. The summed E-state index contributed by atoms with van der Waals surface area (Å²) in [5.41, 5.74) is 8.42. The highest BCUT2D eigenvalue weighted by Gasteiger charge is 2.25. The van der Waals surface area contributed by atoms with Gasteiger partial charge in [-0.1, -0.05) is 92.5 Å². The highest BCUT2D eigenvalue weighted by molar-refractivity contribution is 9.10. The van der Waals surface area contributed by atoms with Crippen LogP contribution in [-0.2, 0) is 4.74 Å². The average Bonchev–Trinajstić information content (AvgIpc) is 3.01. The van der Waals surface area contributed by atoms with E-state index in [0.717, 1.165) is 83.2 Å². The topological polar surface area (TPSA) is 38.2 Å². The van der Waals surface area contributed by atoms with Crippen LogP contribution in [0.4, 0.5) is 5.82 Å². The molecule has 1 saturated heterocycles. The fraction of sp³-hybridized carbons (Fsp3) is 0.118. The van der Waals surface area contributed by atoms with Crippen molar-refractivity contribution in [1.29, 1.82) is 0 Å². The van der Waals surface area contributed by atoms with Crippen LogP contribution in [0.5, 0.6) is 0 Å². The van der Waals surface area contributed by atoms with E-state index in [0.29, 0.717) is 13.2 Å². The Kier molecular flexibility index (Phi) is 6.84. The lowest BCUT2D eigenvalue weighted by molar-refractivity contribution is 0.122. The molecule has 0 aliphatic carbocycles. The average molecular weight is 651 g/mol. The SMILES string of the molecule is Brc1ccc2nc(-c3c(N4CCOCC4)nc4ccc(Br)cc4c3-c3ccccc3)cc(-c3ccccc3)c2c1. The van der Waals surface area contributed by atoms with Crippen molar-refractivity contribution in [3.05, 3.63) is 112 Å². The van der Waals surface area contributed by atoms with Crippen LogP contribution in [0.1, 0.15) is 0 Å². The lowest BCUT2D eigenvalue weighted by atomic mass is 9.91. The number of nitrogens with zero attached hydrogens (tertiary/aromatic N) is 3. The van der Waals surface area contributed by atoms with Crippen LogP contribution in [0.3, 0.4) is 0 Å². The lowest BCUT2D eigenvalue weighted by Crippen LogP contribution is -2.37. The summed E-state index contributed by atoms with van der Waals surface area (Å²) in [6, 6.07) is 36.0.